The van der Waals surface area contributed by atoms with Crippen LogP contribution in [0.1, 0.15) is 11.7 Å². The fourth-order valence-electron chi connectivity index (χ4n) is 2.58. The first-order chi connectivity index (χ1) is 10.7. The molecule has 0 spiro atoms. The molecule has 1 atom stereocenters. The number of hydrogen-bond donors (Lipinski definition) is 2. The highest BCUT2D eigenvalue weighted by Gasteiger charge is 2.16. The van der Waals surface area contributed by atoms with Gasteiger partial charge >= 0.3 is 0 Å². The van der Waals surface area contributed by atoms with Crippen LogP contribution in [0.2, 0.25) is 0 Å². The highest BCUT2D eigenvalue weighted by atomic mass is 19.1. The molecule has 1 heterocycles. The summed E-state index contributed by atoms with van der Waals surface area (Å²) in [5, 5.41) is 19.5. The molecule has 0 bridgehead atoms. The Morgan fingerprint density at radius 3 is 2.50 bits per heavy atom. The van der Waals surface area contributed by atoms with Crippen molar-refractivity contribution in [2.75, 3.05) is 59.1 Å². The zero-order chi connectivity index (χ0) is 15.8. The molecule has 1 aromatic carbocycles. The van der Waals surface area contributed by atoms with Crippen LogP contribution in [0.5, 0.6) is 0 Å². The fourth-order valence-corrected chi connectivity index (χ4v) is 2.58. The van der Waals surface area contributed by atoms with E-state index in [0.29, 0.717) is 18.7 Å². The van der Waals surface area contributed by atoms with Crippen molar-refractivity contribution in [1.29, 1.82) is 0 Å². The molecule has 2 N–H and O–H groups in total. The maximum atomic E-state index is 12.9. The molecule has 1 unspecified atom stereocenters. The minimum absolute atomic E-state index is 0.0548. The van der Waals surface area contributed by atoms with Crippen LogP contribution in [0.3, 0.4) is 0 Å². The zero-order valence-corrected chi connectivity index (χ0v) is 12.8. The maximum Gasteiger partial charge on any atom is 0.123 e. The molecule has 5 nitrogen and oxygen atoms in total. The second kappa shape index (κ2) is 9.17. The molecule has 1 aliphatic rings. The Labute approximate surface area is 130 Å². The van der Waals surface area contributed by atoms with Crippen LogP contribution in [-0.2, 0) is 4.74 Å². The van der Waals surface area contributed by atoms with E-state index in [9.17, 15) is 14.6 Å². The van der Waals surface area contributed by atoms with Crippen molar-refractivity contribution in [3.05, 3.63) is 35.6 Å². The average molecular weight is 312 g/mol. The lowest BCUT2D eigenvalue weighted by Gasteiger charge is -2.30. The third kappa shape index (κ3) is 5.62. The maximum absolute atomic E-state index is 12.9. The van der Waals surface area contributed by atoms with E-state index in [0.717, 1.165) is 39.4 Å². The topological polar surface area (TPSA) is 56.2 Å². The second-order valence-electron chi connectivity index (χ2n) is 5.55. The van der Waals surface area contributed by atoms with Crippen molar-refractivity contribution in [1.82, 2.24) is 9.80 Å². The molecule has 1 aromatic rings. The third-order valence-corrected chi connectivity index (χ3v) is 3.94. The summed E-state index contributed by atoms with van der Waals surface area (Å²) in [4.78, 5) is 4.35. The number of nitrogens with zero attached hydrogens (tertiary/aromatic N) is 2. The molecule has 1 aliphatic heterocycles. The van der Waals surface area contributed by atoms with Gasteiger partial charge in [0.05, 0.1) is 25.9 Å². The minimum atomic E-state index is -0.683. The summed E-state index contributed by atoms with van der Waals surface area (Å²) >= 11 is 0. The summed E-state index contributed by atoms with van der Waals surface area (Å²) in [5.41, 5.74) is 0.690. The number of aliphatic hydroxyl groups is 2. The molecule has 0 saturated carbocycles. The molecule has 124 valence electrons. The molecule has 0 aromatic heterocycles. The Balaban J connectivity index is 1.82. The van der Waals surface area contributed by atoms with Crippen LogP contribution in [0, 0.1) is 5.82 Å². The summed E-state index contributed by atoms with van der Waals surface area (Å²) in [6.07, 6.45) is -0.683. The Kier molecular flexibility index (Phi) is 7.21. The molecule has 2 rings (SSSR count). The van der Waals surface area contributed by atoms with Crippen LogP contribution < -0.4 is 0 Å². The van der Waals surface area contributed by atoms with Gasteiger partial charge < -0.3 is 14.9 Å². The SMILES string of the molecule is OCCN(CCN1CCOCC1)CC(O)c1ccc(F)cc1. The second-order valence-corrected chi connectivity index (χ2v) is 5.55. The predicted molar refractivity (Wildman–Crippen MR) is 82.1 cm³/mol. The Bertz CT molecular complexity index is 424. The van der Waals surface area contributed by atoms with Gasteiger partial charge in [0.1, 0.15) is 5.82 Å². The number of halogens is 1. The van der Waals surface area contributed by atoms with Crippen molar-refractivity contribution in [3.63, 3.8) is 0 Å². The van der Waals surface area contributed by atoms with Crippen LogP contribution in [0.4, 0.5) is 4.39 Å². The van der Waals surface area contributed by atoms with Gasteiger partial charge in [-0.1, -0.05) is 12.1 Å². The smallest absolute Gasteiger partial charge is 0.123 e. The molecular formula is C16H25FN2O3. The standard InChI is InChI=1S/C16H25FN2O3/c17-15-3-1-14(2-4-15)16(21)13-19(7-10-20)6-5-18-8-11-22-12-9-18/h1-4,16,20-21H,5-13H2. The average Bonchev–Trinajstić information content (AvgIpc) is 2.54. The van der Waals surface area contributed by atoms with Crippen molar-refractivity contribution in [2.24, 2.45) is 0 Å². The lowest BCUT2D eigenvalue weighted by atomic mass is 10.1. The van der Waals surface area contributed by atoms with Gasteiger partial charge in [0.2, 0.25) is 0 Å². The van der Waals surface area contributed by atoms with E-state index in [1.807, 2.05) is 4.90 Å². The van der Waals surface area contributed by atoms with E-state index < -0.39 is 6.10 Å². The number of benzene rings is 1. The largest absolute Gasteiger partial charge is 0.395 e. The van der Waals surface area contributed by atoms with Crippen LogP contribution in [0.25, 0.3) is 0 Å². The van der Waals surface area contributed by atoms with Gasteiger partial charge in [-0.05, 0) is 17.7 Å². The molecule has 0 amide bonds. The van der Waals surface area contributed by atoms with Gasteiger partial charge in [-0.3, -0.25) is 9.80 Å². The first-order valence-corrected chi connectivity index (χ1v) is 7.76. The highest BCUT2D eigenvalue weighted by molar-refractivity contribution is 5.18. The summed E-state index contributed by atoms with van der Waals surface area (Å²) < 4.78 is 18.2. The van der Waals surface area contributed by atoms with E-state index in [1.165, 1.54) is 12.1 Å². The van der Waals surface area contributed by atoms with Gasteiger partial charge in [0.25, 0.3) is 0 Å². The zero-order valence-electron chi connectivity index (χ0n) is 12.8. The molecule has 1 saturated heterocycles. The number of aliphatic hydroxyl groups excluding tert-OH is 2. The van der Waals surface area contributed by atoms with Gasteiger partial charge in [0, 0.05) is 39.3 Å². The number of ether oxygens (including phenoxy) is 1. The number of rotatable bonds is 8. The summed E-state index contributed by atoms with van der Waals surface area (Å²) in [7, 11) is 0. The van der Waals surface area contributed by atoms with E-state index in [4.69, 9.17) is 4.74 Å². The van der Waals surface area contributed by atoms with E-state index in [-0.39, 0.29) is 12.4 Å². The van der Waals surface area contributed by atoms with E-state index in [1.54, 1.807) is 12.1 Å². The van der Waals surface area contributed by atoms with Crippen LogP contribution in [0.15, 0.2) is 24.3 Å². The fraction of sp³-hybridized carbons (Fsp3) is 0.625. The van der Waals surface area contributed by atoms with Crippen molar-refractivity contribution in [3.8, 4) is 0 Å². The minimum Gasteiger partial charge on any atom is -0.395 e. The van der Waals surface area contributed by atoms with Gasteiger partial charge in [0.15, 0.2) is 0 Å². The highest BCUT2D eigenvalue weighted by Crippen LogP contribution is 2.15. The Hall–Kier alpha value is -1.05. The first kappa shape index (κ1) is 17.3. The summed E-state index contributed by atoms with van der Waals surface area (Å²) in [6, 6.07) is 5.89. The van der Waals surface area contributed by atoms with Crippen LogP contribution in [-0.4, -0.2) is 79.1 Å². The van der Waals surface area contributed by atoms with Gasteiger partial charge in [-0.25, -0.2) is 4.39 Å². The summed E-state index contributed by atoms with van der Waals surface area (Å²) in [6.45, 7) is 6.04. The van der Waals surface area contributed by atoms with Crippen molar-refractivity contribution < 1.29 is 19.3 Å². The Morgan fingerprint density at radius 1 is 1.18 bits per heavy atom. The molecule has 6 heteroatoms. The third-order valence-electron chi connectivity index (χ3n) is 3.94. The van der Waals surface area contributed by atoms with Crippen LogP contribution >= 0.6 is 0 Å². The van der Waals surface area contributed by atoms with E-state index in [2.05, 4.69) is 4.90 Å². The van der Waals surface area contributed by atoms with E-state index >= 15 is 0 Å². The predicted octanol–water partition coefficient (Wildman–Crippen LogP) is 0.486. The van der Waals surface area contributed by atoms with Gasteiger partial charge in [-0.2, -0.15) is 0 Å². The molecule has 22 heavy (non-hydrogen) atoms. The molecular weight excluding hydrogens is 287 g/mol. The molecule has 0 radical (unpaired) electrons. The molecule has 0 aliphatic carbocycles. The van der Waals surface area contributed by atoms with Gasteiger partial charge in [-0.15, -0.1) is 0 Å². The lowest BCUT2D eigenvalue weighted by Crippen LogP contribution is -2.43. The first-order valence-electron chi connectivity index (χ1n) is 7.76. The van der Waals surface area contributed by atoms with Crippen molar-refractivity contribution >= 4 is 0 Å². The Morgan fingerprint density at radius 2 is 1.86 bits per heavy atom. The monoisotopic (exact) mass is 312 g/mol. The van der Waals surface area contributed by atoms with Crippen molar-refractivity contribution in [2.45, 2.75) is 6.10 Å². The molecule has 1 fully saturated rings. The normalized spacial score (nSPS) is 17.8. The number of hydrogen-bond acceptors (Lipinski definition) is 5. The summed E-state index contributed by atoms with van der Waals surface area (Å²) in [5.74, 6) is -0.310. The lowest BCUT2D eigenvalue weighted by molar-refractivity contribution is 0.0283. The number of morpholine rings is 1. The quantitative estimate of drug-likeness (QED) is 0.731.